The van der Waals surface area contributed by atoms with E-state index < -0.39 is 5.97 Å². The van der Waals surface area contributed by atoms with Gasteiger partial charge < -0.3 is 15.3 Å². The predicted molar refractivity (Wildman–Crippen MR) is 80.8 cm³/mol. The van der Waals surface area contributed by atoms with Crippen LogP contribution in [0, 0.1) is 0 Å². The van der Waals surface area contributed by atoms with Crippen LogP contribution in [0.5, 0.6) is 0 Å². The Labute approximate surface area is 122 Å². The number of hydrogen-bond donors (Lipinski definition) is 2. The molecule has 0 bridgehead atoms. The van der Waals surface area contributed by atoms with E-state index in [2.05, 4.69) is 10.2 Å². The van der Waals surface area contributed by atoms with Crippen molar-refractivity contribution in [1.82, 2.24) is 10.2 Å². The molecule has 0 saturated carbocycles. The molecule has 2 N–H and O–H groups in total. The second kappa shape index (κ2) is 12.9. The van der Waals surface area contributed by atoms with Crippen molar-refractivity contribution in [2.45, 2.75) is 57.8 Å². The molecule has 0 fully saturated rings. The Hall–Kier alpha value is -1.10. The molecule has 0 unspecified atom stereocenters. The Morgan fingerprint density at radius 1 is 0.900 bits per heavy atom. The molecule has 0 radical (unpaired) electrons. The molecule has 0 saturated heterocycles. The highest BCUT2D eigenvalue weighted by Crippen LogP contribution is 2.08. The number of aliphatic carboxylic acids is 1. The van der Waals surface area contributed by atoms with Gasteiger partial charge in [-0.25, -0.2) is 0 Å². The first-order chi connectivity index (χ1) is 9.52. The molecule has 0 aromatic carbocycles. The molecule has 118 valence electrons. The van der Waals surface area contributed by atoms with Gasteiger partial charge in [-0.2, -0.15) is 0 Å². The van der Waals surface area contributed by atoms with Crippen LogP contribution in [0.25, 0.3) is 0 Å². The zero-order chi connectivity index (χ0) is 15.2. The summed E-state index contributed by atoms with van der Waals surface area (Å²) < 4.78 is 0. The van der Waals surface area contributed by atoms with Gasteiger partial charge in [0.15, 0.2) is 0 Å². The summed E-state index contributed by atoms with van der Waals surface area (Å²) in [7, 11) is 4.05. The summed E-state index contributed by atoms with van der Waals surface area (Å²) in [6.07, 6.45) is 7.75. The van der Waals surface area contributed by atoms with Gasteiger partial charge in [0.1, 0.15) is 0 Å². The van der Waals surface area contributed by atoms with Crippen molar-refractivity contribution in [3.63, 3.8) is 0 Å². The van der Waals surface area contributed by atoms with E-state index in [9.17, 15) is 9.59 Å². The summed E-state index contributed by atoms with van der Waals surface area (Å²) in [5.74, 6) is -0.564. The standard InChI is InChI=1S/C15H30N2O3/c1-17(2)13-9-12-16-14(18)10-7-5-3-4-6-8-11-15(19)20/h3-13H2,1-2H3,(H,16,18)(H,19,20). The molecule has 0 aromatic heterocycles. The average molecular weight is 286 g/mol. The predicted octanol–water partition coefficient (Wildman–Crippen LogP) is 2.26. The maximum atomic E-state index is 11.5. The minimum Gasteiger partial charge on any atom is -0.481 e. The molecular weight excluding hydrogens is 256 g/mol. The summed E-state index contributed by atoms with van der Waals surface area (Å²) in [5, 5.41) is 11.4. The van der Waals surface area contributed by atoms with E-state index in [1.54, 1.807) is 0 Å². The van der Waals surface area contributed by atoms with Crippen molar-refractivity contribution in [3.05, 3.63) is 0 Å². The first kappa shape index (κ1) is 18.9. The number of carbonyl (C=O) groups excluding carboxylic acids is 1. The van der Waals surface area contributed by atoms with E-state index in [4.69, 9.17) is 5.11 Å². The monoisotopic (exact) mass is 286 g/mol. The highest BCUT2D eigenvalue weighted by Gasteiger charge is 2.01. The summed E-state index contributed by atoms with van der Waals surface area (Å²) >= 11 is 0. The van der Waals surface area contributed by atoms with Crippen LogP contribution >= 0.6 is 0 Å². The first-order valence-electron chi connectivity index (χ1n) is 7.65. The highest BCUT2D eigenvalue weighted by molar-refractivity contribution is 5.75. The minimum atomic E-state index is -0.712. The SMILES string of the molecule is CN(C)CCCNC(=O)CCCCCCCCC(=O)O. The topological polar surface area (TPSA) is 69.6 Å². The van der Waals surface area contributed by atoms with Crippen molar-refractivity contribution in [1.29, 1.82) is 0 Å². The third-order valence-electron chi connectivity index (χ3n) is 3.15. The number of amides is 1. The Balaban J connectivity index is 3.21. The molecule has 20 heavy (non-hydrogen) atoms. The summed E-state index contributed by atoms with van der Waals surface area (Å²) in [6.45, 7) is 1.75. The Morgan fingerprint density at radius 2 is 1.45 bits per heavy atom. The van der Waals surface area contributed by atoms with Crippen molar-refractivity contribution < 1.29 is 14.7 Å². The maximum Gasteiger partial charge on any atom is 0.303 e. The van der Waals surface area contributed by atoms with Gasteiger partial charge in [0.25, 0.3) is 0 Å². The lowest BCUT2D eigenvalue weighted by atomic mass is 10.1. The summed E-state index contributed by atoms with van der Waals surface area (Å²) in [6, 6.07) is 0. The fourth-order valence-corrected chi connectivity index (χ4v) is 1.98. The van der Waals surface area contributed by atoms with Crippen LogP contribution in [0.1, 0.15) is 57.8 Å². The Bertz CT molecular complexity index is 268. The number of carboxylic acids is 1. The molecule has 0 spiro atoms. The molecule has 0 atom stereocenters. The number of carbonyl (C=O) groups is 2. The summed E-state index contributed by atoms with van der Waals surface area (Å²) in [5.41, 5.74) is 0. The Kier molecular flexibility index (Phi) is 12.2. The molecule has 5 heteroatoms. The fraction of sp³-hybridized carbons (Fsp3) is 0.867. The van der Waals surface area contributed by atoms with Crippen molar-refractivity contribution >= 4 is 11.9 Å². The fourth-order valence-electron chi connectivity index (χ4n) is 1.98. The quantitative estimate of drug-likeness (QED) is 0.510. The zero-order valence-electron chi connectivity index (χ0n) is 13.0. The smallest absolute Gasteiger partial charge is 0.303 e. The van der Waals surface area contributed by atoms with Gasteiger partial charge in [-0.15, -0.1) is 0 Å². The number of nitrogens with one attached hydrogen (secondary N) is 1. The molecular formula is C15H30N2O3. The van der Waals surface area contributed by atoms with Crippen LogP contribution in [-0.4, -0.2) is 49.1 Å². The lowest BCUT2D eigenvalue weighted by Crippen LogP contribution is -2.26. The molecule has 0 rings (SSSR count). The molecule has 0 heterocycles. The van der Waals surface area contributed by atoms with E-state index in [1.807, 2.05) is 14.1 Å². The third-order valence-corrected chi connectivity index (χ3v) is 3.15. The molecule has 0 aliphatic carbocycles. The summed E-state index contributed by atoms with van der Waals surface area (Å²) in [4.78, 5) is 23.9. The van der Waals surface area contributed by atoms with Gasteiger partial charge in [0.2, 0.25) is 5.91 Å². The second-order valence-electron chi connectivity index (χ2n) is 5.52. The van der Waals surface area contributed by atoms with Gasteiger partial charge in [-0.1, -0.05) is 25.7 Å². The number of nitrogens with zero attached hydrogens (tertiary/aromatic N) is 1. The van der Waals surface area contributed by atoms with Crippen molar-refractivity contribution in [2.24, 2.45) is 0 Å². The largest absolute Gasteiger partial charge is 0.481 e. The molecule has 0 aliphatic rings. The Morgan fingerprint density at radius 3 is 2.00 bits per heavy atom. The lowest BCUT2D eigenvalue weighted by molar-refractivity contribution is -0.137. The van der Waals surface area contributed by atoms with E-state index in [0.29, 0.717) is 6.42 Å². The van der Waals surface area contributed by atoms with E-state index in [1.165, 1.54) is 0 Å². The third kappa shape index (κ3) is 15.0. The van der Waals surface area contributed by atoms with Crippen LogP contribution in [0.4, 0.5) is 0 Å². The number of unbranched alkanes of at least 4 members (excludes halogenated alkanes) is 5. The molecule has 5 nitrogen and oxygen atoms in total. The van der Waals surface area contributed by atoms with Crippen LogP contribution in [0.15, 0.2) is 0 Å². The highest BCUT2D eigenvalue weighted by atomic mass is 16.4. The normalized spacial score (nSPS) is 10.8. The van der Waals surface area contributed by atoms with Gasteiger partial charge in [0, 0.05) is 19.4 Å². The number of carboxylic acid groups (broad SMARTS) is 1. The van der Waals surface area contributed by atoms with E-state index >= 15 is 0 Å². The lowest BCUT2D eigenvalue weighted by Gasteiger charge is -2.09. The average Bonchev–Trinajstić information content (AvgIpc) is 2.37. The van der Waals surface area contributed by atoms with Crippen LogP contribution in [0.2, 0.25) is 0 Å². The number of rotatable bonds is 13. The van der Waals surface area contributed by atoms with Gasteiger partial charge in [0.05, 0.1) is 0 Å². The first-order valence-corrected chi connectivity index (χ1v) is 7.65. The van der Waals surface area contributed by atoms with Crippen LogP contribution in [-0.2, 0) is 9.59 Å². The minimum absolute atomic E-state index is 0.148. The van der Waals surface area contributed by atoms with Crippen LogP contribution < -0.4 is 5.32 Å². The molecule has 0 aliphatic heterocycles. The molecule has 0 aromatic rings. The van der Waals surface area contributed by atoms with Crippen LogP contribution in [0.3, 0.4) is 0 Å². The van der Waals surface area contributed by atoms with E-state index in [0.717, 1.165) is 58.0 Å². The van der Waals surface area contributed by atoms with Gasteiger partial charge in [-0.05, 0) is 39.9 Å². The van der Waals surface area contributed by atoms with Gasteiger partial charge >= 0.3 is 5.97 Å². The maximum absolute atomic E-state index is 11.5. The zero-order valence-corrected chi connectivity index (χ0v) is 13.0. The molecule has 1 amide bonds. The number of hydrogen-bond acceptors (Lipinski definition) is 3. The van der Waals surface area contributed by atoms with Crippen molar-refractivity contribution in [3.8, 4) is 0 Å². The van der Waals surface area contributed by atoms with Gasteiger partial charge in [-0.3, -0.25) is 9.59 Å². The second-order valence-corrected chi connectivity index (χ2v) is 5.52. The van der Waals surface area contributed by atoms with Crippen molar-refractivity contribution in [2.75, 3.05) is 27.2 Å². The van der Waals surface area contributed by atoms with E-state index in [-0.39, 0.29) is 12.3 Å².